The highest BCUT2D eigenvalue weighted by molar-refractivity contribution is 5.38. The smallest absolute Gasteiger partial charge is 0.138 e. The van der Waals surface area contributed by atoms with Crippen molar-refractivity contribution in [2.45, 2.75) is 19.4 Å². The first-order valence-electron chi connectivity index (χ1n) is 6.92. The first-order chi connectivity index (χ1) is 9.79. The van der Waals surface area contributed by atoms with Crippen LogP contribution in [0, 0.1) is 23.6 Å². The summed E-state index contributed by atoms with van der Waals surface area (Å²) >= 11 is 0. The van der Waals surface area contributed by atoms with Gasteiger partial charge in [-0.15, -0.1) is 0 Å². The van der Waals surface area contributed by atoms with Gasteiger partial charge < -0.3 is 15.2 Å². The Labute approximate surface area is 119 Å². The van der Waals surface area contributed by atoms with Gasteiger partial charge in [0, 0.05) is 13.2 Å². The van der Waals surface area contributed by atoms with Crippen molar-refractivity contribution in [2.75, 3.05) is 26.4 Å². The van der Waals surface area contributed by atoms with Crippen LogP contribution in [-0.4, -0.2) is 26.4 Å². The van der Waals surface area contributed by atoms with E-state index in [1.807, 2.05) is 0 Å². The summed E-state index contributed by atoms with van der Waals surface area (Å²) in [6.07, 6.45) is 2.10. The van der Waals surface area contributed by atoms with E-state index in [-0.39, 0.29) is 12.4 Å². The fraction of sp³-hybridized carbons (Fsp3) is 0.500. The van der Waals surface area contributed by atoms with Crippen LogP contribution in [-0.2, 0) is 16.1 Å². The molecule has 1 aliphatic rings. The molecular weight excluding hydrogens is 257 g/mol. The van der Waals surface area contributed by atoms with Crippen molar-refractivity contribution in [1.29, 1.82) is 0 Å². The molecule has 108 valence electrons. The van der Waals surface area contributed by atoms with Gasteiger partial charge in [-0.05, 0) is 36.5 Å². The number of rotatable bonds is 4. The lowest BCUT2D eigenvalue weighted by Crippen LogP contribution is -2.20. The predicted octanol–water partition coefficient (Wildman–Crippen LogP) is 2.08. The van der Waals surface area contributed by atoms with Gasteiger partial charge in [0.15, 0.2) is 0 Å². The Kier molecular flexibility index (Phi) is 6.00. The minimum atomic E-state index is -0.320. The highest BCUT2D eigenvalue weighted by Gasteiger charge is 2.13. The largest absolute Gasteiger partial charge is 0.381 e. The molecule has 1 fully saturated rings. The fourth-order valence-corrected chi connectivity index (χ4v) is 2.16. The lowest BCUT2D eigenvalue weighted by Gasteiger charge is -2.21. The average molecular weight is 277 g/mol. The molecule has 0 saturated carbocycles. The van der Waals surface area contributed by atoms with Crippen molar-refractivity contribution in [2.24, 2.45) is 11.7 Å². The number of ether oxygens (including phenoxy) is 2. The zero-order chi connectivity index (χ0) is 14.2. The lowest BCUT2D eigenvalue weighted by atomic mass is 10.0. The monoisotopic (exact) mass is 277 g/mol. The van der Waals surface area contributed by atoms with E-state index < -0.39 is 0 Å². The van der Waals surface area contributed by atoms with Crippen molar-refractivity contribution in [3.8, 4) is 11.8 Å². The topological polar surface area (TPSA) is 44.5 Å². The quantitative estimate of drug-likeness (QED) is 0.857. The molecule has 2 rings (SSSR count). The van der Waals surface area contributed by atoms with Crippen LogP contribution < -0.4 is 5.73 Å². The maximum atomic E-state index is 13.5. The predicted molar refractivity (Wildman–Crippen MR) is 75.5 cm³/mol. The van der Waals surface area contributed by atoms with Gasteiger partial charge in [-0.3, -0.25) is 0 Å². The van der Waals surface area contributed by atoms with Crippen LogP contribution in [0.5, 0.6) is 0 Å². The second-order valence-electron chi connectivity index (χ2n) is 4.89. The minimum absolute atomic E-state index is 0.226. The summed E-state index contributed by atoms with van der Waals surface area (Å²) < 4.78 is 24.5. The zero-order valence-electron chi connectivity index (χ0n) is 11.5. The molecule has 2 N–H and O–H groups in total. The van der Waals surface area contributed by atoms with Crippen molar-refractivity contribution in [3.05, 3.63) is 35.1 Å². The molecule has 4 heteroatoms. The van der Waals surface area contributed by atoms with Gasteiger partial charge in [0.2, 0.25) is 0 Å². The second-order valence-corrected chi connectivity index (χ2v) is 4.89. The first-order valence-corrected chi connectivity index (χ1v) is 6.92. The van der Waals surface area contributed by atoms with Crippen molar-refractivity contribution < 1.29 is 13.9 Å². The van der Waals surface area contributed by atoms with Crippen molar-refractivity contribution in [3.63, 3.8) is 0 Å². The number of halogens is 1. The Morgan fingerprint density at radius 1 is 1.35 bits per heavy atom. The van der Waals surface area contributed by atoms with Crippen LogP contribution in [0.4, 0.5) is 4.39 Å². The molecule has 0 spiro atoms. The molecule has 1 saturated heterocycles. The standard InChI is InChI=1S/C16H20FNO2/c17-16-4-3-14(10-15(16)2-1-7-18)12-20-11-13-5-8-19-9-6-13/h3-4,10,13H,5-9,11-12,18H2. The number of benzene rings is 1. The molecule has 20 heavy (non-hydrogen) atoms. The molecule has 0 unspecified atom stereocenters. The summed E-state index contributed by atoms with van der Waals surface area (Å²) in [7, 11) is 0. The van der Waals surface area contributed by atoms with E-state index in [9.17, 15) is 4.39 Å². The summed E-state index contributed by atoms with van der Waals surface area (Å²) in [6.45, 7) is 3.08. The Balaban J connectivity index is 1.86. The Hall–Kier alpha value is -1.41. The van der Waals surface area contributed by atoms with E-state index >= 15 is 0 Å². The Morgan fingerprint density at radius 2 is 2.15 bits per heavy atom. The zero-order valence-corrected chi connectivity index (χ0v) is 11.5. The molecule has 1 heterocycles. The van der Waals surface area contributed by atoms with Gasteiger partial charge in [-0.25, -0.2) is 4.39 Å². The second kappa shape index (κ2) is 8.01. The Morgan fingerprint density at radius 3 is 2.90 bits per heavy atom. The third-order valence-electron chi connectivity index (χ3n) is 3.32. The highest BCUT2D eigenvalue weighted by Crippen LogP contribution is 2.16. The third kappa shape index (κ3) is 4.61. The summed E-state index contributed by atoms with van der Waals surface area (Å²) in [5.41, 5.74) is 6.60. The molecule has 0 aromatic heterocycles. The van der Waals surface area contributed by atoms with Gasteiger partial charge in [0.25, 0.3) is 0 Å². The van der Waals surface area contributed by atoms with Crippen LogP contribution in [0.15, 0.2) is 18.2 Å². The van der Waals surface area contributed by atoms with E-state index in [0.29, 0.717) is 18.1 Å². The molecule has 0 amide bonds. The number of hydrogen-bond acceptors (Lipinski definition) is 3. The van der Waals surface area contributed by atoms with Gasteiger partial charge in [-0.1, -0.05) is 17.9 Å². The third-order valence-corrected chi connectivity index (χ3v) is 3.32. The van der Waals surface area contributed by atoms with Gasteiger partial charge >= 0.3 is 0 Å². The molecule has 0 radical (unpaired) electrons. The molecule has 1 aromatic carbocycles. The summed E-state index contributed by atoms with van der Waals surface area (Å²) in [5.74, 6) is 5.64. The SMILES string of the molecule is NCC#Cc1cc(COCC2CCOCC2)ccc1F. The summed E-state index contributed by atoms with van der Waals surface area (Å²) in [4.78, 5) is 0. The van der Waals surface area contributed by atoms with Crippen molar-refractivity contribution >= 4 is 0 Å². The van der Waals surface area contributed by atoms with E-state index in [1.54, 1.807) is 12.1 Å². The minimum Gasteiger partial charge on any atom is -0.381 e. The number of hydrogen-bond donors (Lipinski definition) is 1. The molecular formula is C16H20FNO2. The van der Waals surface area contributed by atoms with Crippen LogP contribution in [0.2, 0.25) is 0 Å². The van der Waals surface area contributed by atoms with Crippen LogP contribution in [0.25, 0.3) is 0 Å². The van der Waals surface area contributed by atoms with Gasteiger partial charge in [0.05, 0.1) is 25.3 Å². The van der Waals surface area contributed by atoms with Crippen LogP contribution >= 0.6 is 0 Å². The van der Waals surface area contributed by atoms with E-state index in [1.165, 1.54) is 6.07 Å². The van der Waals surface area contributed by atoms with Crippen molar-refractivity contribution in [1.82, 2.24) is 0 Å². The van der Waals surface area contributed by atoms with Gasteiger partial charge in [-0.2, -0.15) is 0 Å². The lowest BCUT2D eigenvalue weighted by molar-refractivity contribution is 0.0157. The highest BCUT2D eigenvalue weighted by atomic mass is 19.1. The van der Waals surface area contributed by atoms with E-state index in [0.717, 1.165) is 38.2 Å². The van der Waals surface area contributed by atoms with Gasteiger partial charge in [0.1, 0.15) is 5.82 Å². The fourth-order valence-electron chi connectivity index (χ4n) is 2.16. The number of nitrogens with two attached hydrogens (primary N) is 1. The molecule has 1 aromatic rings. The summed E-state index contributed by atoms with van der Waals surface area (Å²) in [5, 5.41) is 0. The first kappa shape index (κ1) is 15.0. The molecule has 0 aliphatic carbocycles. The average Bonchev–Trinajstić information content (AvgIpc) is 2.49. The molecule has 3 nitrogen and oxygen atoms in total. The summed E-state index contributed by atoms with van der Waals surface area (Å²) in [6, 6.07) is 4.88. The van der Waals surface area contributed by atoms with Crippen LogP contribution in [0.3, 0.4) is 0 Å². The molecule has 0 bridgehead atoms. The molecule has 0 atom stereocenters. The molecule has 1 aliphatic heterocycles. The van der Waals surface area contributed by atoms with E-state index in [4.69, 9.17) is 15.2 Å². The van der Waals surface area contributed by atoms with Crippen LogP contribution in [0.1, 0.15) is 24.0 Å². The maximum Gasteiger partial charge on any atom is 0.138 e. The normalized spacial score (nSPS) is 15.7. The Bertz CT molecular complexity index is 487. The maximum absolute atomic E-state index is 13.5. The van der Waals surface area contributed by atoms with E-state index in [2.05, 4.69) is 11.8 Å².